The van der Waals surface area contributed by atoms with Crippen molar-refractivity contribution in [3.63, 3.8) is 0 Å². The second-order valence-corrected chi connectivity index (χ2v) is 11.7. The molecule has 0 fully saturated rings. The van der Waals surface area contributed by atoms with Crippen LogP contribution < -0.4 is 0 Å². The molecule has 0 aromatic heterocycles. The number of hydrogen-bond donors (Lipinski definition) is 1. The molecule has 0 aliphatic rings. The summed E-state index contributed by atoms with van der Waals surface area (Å²) in [6, 6.07) is 3.87. The smallest absolute Gasteiger partial charge is 0.337 e. The van der Waals surface area contributed by atoms with Crippen molar-refractivity contribution >= 4 is 19.2 Å². The molecule has 29 heavy (non-hydrogen) atoms. The van der Waals surface area contributed by atoms with E-state index in [1.54, 1.807) is 0 Å². The summed E-state index contributed by atoms with van der Waals surface area (Å²) in [6.07, 6.45) is -0.0565. The van der Waals surface area contributed by atoms with E-state index in [9.17, 15) is 19.3 Å². The summed E-state index contributed by atoms with van der Waals surface area (Å²) in [4.78, 5) is 24.3. The molecule has 0 unspecified atom stereocenters. The van der Waals surface area contributed by atoms with E-state index in [4.69, 9.17) is 9.05 Å². The van der Waals surface area contributed by atoms with Gasteiger partial charge in [-0.3, -0.25) is 14.2 Å². The van der Waals surface area contributed by atoms with Gasteiger partial charge in [-0.05, 0) is 33.9 Å². The second kappa shape index (κ2) is 9.55. The Kier molecular flexibility index (Phi) is 8.41. The number of benzene rings is 1. The fraction of sp³-hybridized carbons (Fsp3) is 0.636. The molecule has 7 heteroatoms. The van der Waals surface area contributed by atoms with Crippen LogP contribution in [-0.4, -0.2) is 37.1 Å². The lowest BCUT2D eigenvalue weighted by atomic mass is 9.78. The van der Waals surface area contributed by atoms with Crippen LogP contribution in [-0.2, 0) is 40.5 Å². The molecule has 0 aliphatic heterocycles. The maximum Gasteiger partial charge on any atom is 0.337 e. The largest absolute Gasteiger partial charge is 0.507 e. The van der Waals surface area contributed by atoms with Gasteiger partial charge in [0.15, 0.2) is 5.78 Å². The van der Waals surface area contributed by atoms with Crippen molar-refractivity contribution in [2.24, 2.45) is 0 Å². The number of phenolic OH excluding ortho intramolecular Hbond substituents is 1. The third-order valence-electron chi connectivity index (χ3n) is 4.80. The number of carbonyl (C=O) groups is 2. The summed E-state index contributed by atoms with van der Waals surface area (Å²) in [5.41, 5.74) is 2.12. The Morgan fingerprint density at radius 3 is 1.76 bits per heavy atom. The lowest BCUT2D eigenvalue weighted by Crippen LogP contribution is -2.18. The van der Waals surface area contributed by atoms with E-state index in [-0.39, 0.29) is 29.5 Å². The Balaban J connectivity index is 2.95. The fourth-order valence-corrected chi connectivity index (χ4v) is 4.00. The third-order valence-corrected chi connectivity index (χ3v) is 6.65. The van der Waals surface area contributed by atoms with Gasteiger partial charge in [-0.25, -0.2) is 0 Å². The first-order valence-corrected chi connectivity index (χ1v) is 11.5. The lowest BCUT2D eigenvalue weighted by molar-refractivity contribution is -0.125. The molecule has 0 saturated carbocycles. The topological polar surface area (TPSA) is 89.9 Å². The van der Waals surface area contributed by atoms with Gasteiger partial charge in [0.05, 0.1) is 6.42 Å². The average Bonchev–Trinajstić information content (AvgIpc) is 2.58. The Bertz CT molecular complexity index is 755. The number of aromatic hydroxyl groups is 1. The van der Waals surface area contributed by atoms with Gasteiger partial charge in [0.25, 0.3) is 0 Å². The molecule has 0 atom stereocenters. The Hall–Kier alpha value is -1.49. The number of Topliss-reactive ketones (excluding diaryl/α,β-unsaturated/α-hetero) is 2. The van der Waals surface area contributed by atoms with Crippen LogP contribution in [0.2, 0.25) is 0 Å². The van der Waals surface area contributed by atoms with E-state index in [1.807, 2.05) is 53.7 Å². The van der Waals surface area contributed by atoms with Crippen LogP contribution in [0.1, 0.15) is 71.1 Å². The number of carbonyl (C=O) groups excluding carboxylic acids is 2. The first kappa shape index (κ1) is 25.5. The van der Waals surface area contributed by atoms with E-state index in [1.165, 1.54) is 14.2 Å². The van der Waals surface area contributed by atoms with Gasteiger partial charge < -0.3 is 14.2 Å². The van der Waals surface area contributed by atoms with Crippen LogP contribution in [0.15, 0.2) is 12.1 Å². The van der Waals surface area contributed by atoms with E-state index >= 15 is 0 Å². The SMILES string of the molecule is COP(=O)(CC(=O)CC(=O)CCc1cc(C(C)(C)C)c(O)c(C(C)(C)C)c1)OC. The van der Waals surface area contributed by atoms with Gasteiger partial charge in [0.2, 0.25) is 0 Å². The molecule has 0 spiro atoms. The van der Waals surface area contributed by atoms with Gasteiger partial charge in [-0.2, -0.15) is 0 Å². The normalized spacial score (nSPS) is 12.8. The van der Waals surface area contributed by atoms with E-state index in [2.05, 4.69) is 0 Å². The molecule has 164 valence electrons. The molecule has 0 bridgehead atoms. The summed E-state index contributed by atoms with van der Waals surface area (Å²) in [5.74, 6) is -0.389. The second-order valence-electron chi connectivity index (χ2n) is 9.43. The van der Waals surface area contributed by atoms with Crippen molar-refractivity contribution in [2.45, 2.75) is 71.6 Å². The van der Waals surface area contributed by atoms with Gasteiger partial charge >= 0.3 is 7.60 Å². The van der Waals surface area contributed by atoms with E-state index in [0.717, 1.165) is 16.7 Å². The third kappa shape index (κ3) is 7.36. The molecule has 0 saturated heterocycles. The molecule has 6 nitrogen and oxygen atoms in total. The summed E-state index contributed by atoms with van der Waals surface area (Å²) in [7, 11) is -1.03. The zero-order valence-corrected chi connectivity index (χ0v) is 19.8. The molecule has 0 radical (unpaired) electrons. The van der Waals surface area contributed by atoms with Crippen molar-refractivity contribution < 1.29 is 28.3 Å². The fourth-order valence-electron chi connectivity index (χ4n) is 3.05. The van der Waals surface area contributed by atoms with Crippen molar-refractivity contribution in [1.82, 2.24) is 0 Å². The van der Waals surface area contributed by atoms with Crippen molar-refractivity contribution in [2.75, 3.05) is 20.4 Å². The zero-order valence-electron chi connectivity index (χ0n) is 18.9. The molecule has 1 N–H and O–H groups in total. The quantitative estimate of drug-likeness (QED) is 0.445. The lowest BCUT2D eigenvalue weighted by Gasteiger charge is -2.28. The van der Waals surface area contributed by atoms with Crippen LogP contribution in [0, 0.1) is 0 Å². The highest BCUT2D eigenvalue weighted by Crippen LogP contribution is 2.46. The van der Waals surface area contributed by atoms with Gasteiger partial charge in [-0.1, -0.05) is 53.7 Å². The Morgan fingerprint density at radius 2 is 1.38 bits per heavy atom. The molecule has 1 rings (SSSR count). The van der Waals surface area contributed by atoms with Crippen LogP contribution in [0.5, 0.6) is 5.75 Å². The van der Waals surface area contributed by atoms with Crippen molar-refractivity contribution in [1.29, 1.82) is 0 Å². The average molecular weight is 426 g/mol. The highest BCUT2D eigenvalue weighted by molar-refractivity contribution is 7.54. The number of hydrogen-bond acceptors (Lipinski definition) is 6. The molecular formula is C22H35O6P. The standard InChI is InChI=1S/C22H35O6P/c1-21(2,3)18-11-15(12-19(20(18)25)22(4,5)6)9-10-16(23)13-17(24)14-29(26,27-7)28-8/h11-12,25H,9-10,13-14H2,1-8H3. The molecule has 1 aromatic rings. The van der Waals surface area contributed by atoms with Crippen LogP contribution >= 0.6 is 7.60 Å². The van der Waals surface area contributed by atoms with Crippen LogP contribution in [0.3, 0.4) is 0 Å². The molecule has 0 heterocycles. The first-order valence-electron chi connectivity index (χ1n) is 9.73. The minimum Gasteiger partial charge on any atom is -0.507 e. The zero-order chi connectivity index (χ0) is 22.6. The van der Waals surface area contributed by atoms with Gasteiger partial charge in [0, 0.05) is 20.6 Å². The van der Waals surface area contributed by atoms with Crippen molar-refractivity contribution in [3.05, 3.63) is 28.8 Å². The minimum absolute atomic E-state index is 0.188. The minimum atomic E-state index is -3.46. The highest BCUT2D eigenvalue weighted by atomic mass is 31.2. The number of ketones is 2. The van der Waals surface area contributed by atoms with Gasteiger partial charge in [-0.15, -0.1) is 0 Å². The van der Waals surface area contributed by atoms with E-state index < -0.39 is 19.5 Å². The predicted octanol–water partition coefficient (Wildman–Crippen LogP) is 4.93. The number of rotatable bonds is 9. The van der Waals surface area contributed by atoms with Gasteiger partial charge in [0.1, 0.15) is 17.7 Å². The predicted molar refractivity (Wildman–Crippen MR) is 115 cm³/mol. The summed E-state index contributed by atoms with van der Waals surface area (Å²) in [6.45, 7) is 12.2. The summed E-state index contributed by atoms with van der Waals surface area (Å²) >= 11 is 0. The Morgan fingerprint density at radius 1 is 0.931 bits per heavy atom. The van der Waals surface area contributed by atoms with Crippen molar-refractivity contribution in [3.8, 4) is 5.75 Å². The number of phenols is 1. The van der Waals surface area contributed by atoms with E-state index in [0.29, 0.717) is 12.2 Å². The molecular weight excluding hydrogens is 391 g/mol. The van der Waals surface area contributed by atoms with Crippen LogP contribution in [0.25, 0.3) is 0 Å². The summed E-state index contributed by atoms with van der Waals surface area (Å²) < 4.78 is 21.5. The van der Waals surface area contributed by atoms with Crippen LogP contribution in [0.4, 0.5) is 0 Å². The summed E-state index contributed by atoms with van der Waals surface area (Å²) in [5, 5.41) is 10.8. The maximum atomic E-state index is 12.3. The molecule has 0 amide bonds. The highest BCUT2D eigenvalue weighted by Gasteiger charge is 2.28. The Labute approximate surface area is 174 Å². The first-order chi connectivity index (χ1) is 13.1. The monoisotopic (exact) mass is 426 g/mol. The molecule has 0 aliphatic carbocycles. The number of aryl methyl sites for hydroxylation is 1. The molecule has 1 aromatic carbocycles. The maximum absolute atomic E-state index is 12.3.